The van der Waals surface area contributed by atoms with E-state index in [4.69, 9.17) is 14.5 Å². The van der Waals surface area contributed by atoms with Gasteiger partial charge in [0.2, 0.25) is 0 Å². The number of aromatic nitrogens is 1. The Balaban J connectivity index is 0.00000480. The van der Waals surface area contributed by atoms with E-state index in [1.807, 2.05) is 20.8 Å². The molecule has 1 saturated heterocycles. The Morgan fingerprint density at radius 2 is 2.06 bits per heavy atom. The van der Waals surface area contributed by atoms with Crippen LogP contribution >= 0.6 is 35.3 Å². The van der Waals surface area contributed by atoms with E-state index in [-0.39, 0.29) is 36.0 Å². The number of nitrogens with one attached hydrogen (secondary N) is 2. The van der Waals surface area contributed by atoms with Gasteiger partial charge in [0.1, 0.15) is 9.88 Å². The maximum Gasteiger partial charge on any atom is 0.350 e. The molecule has 10 heteroatoms. The van der Waals surface area contributed by atoms with Crippen LogP contribution in [0.1, 0.15) is 60.0 Å². The van der Waals surface area contributed by atoms with Crippen LogP contribution in [-0.2, 0) is 9.47 Å². The summed E-state index contributed by atoms with van der Waals surface area (Å²) < 4.78 is 10.3. The number of likely N-dealkylation sites (tertiary alicyclic amines) is 1. The molecule has 0 aliphatic carbocycles. The number of ether oxygens (including phenoxy) is 2. The number of hydrogen-bond acceptors (Lipinski definition) is 7. The third-order valence-electron chi connectivity index (χ3n) is 5.17. The van der Waals surface area contributed by atoms with E-state index in [1.165, 1.54) is 11.3 Å². The molecule has 31 heavy (non-hydrogen) atoms. The molecule has 0 aromatic carbocycles. The molecule has 178 valence electrons. The summed E-state index contributed by atoms with van der Waals surface area (Å²) in [6.07, 6.45) is 2.33. The van der Waals surface area contributed by atoms with Crippen molar-refractivity contribution in [3.63, 3.8) is 0 Å². The summed E-state index contributed by atoms with van der Waals surface area (Å²) in [6, 6.07) is -0.0504. The molecule has 0 amide bonds. The fraction of sp³-hybridized carbons (Fsp3) is 0.762. The van der Waals surface area contributed by atoms with E-state index in [0.29, 0.717) is 23.1 Å². The standard InChI is InChI=1S/C21H37N5O3S.HI/c1-6-22-21(23-14-17-8-10-26(11-9-17)12-13-28-5)25-16(4)19-24-15(3)18(30-19)20(27)29-7-2;/h16-17H,6-14H2,1-5H3,(H2,22,23,25);1H. The first-order chi connectivity index (χ1) is 14.5. The monoisotopic (exact) mass is 567 g/mol. The fourth-order valence-corrected chi connectivity index (χ4v) is 4.37. The summed E-state index contributed by atoms with van der Waals surface area (Å²) in [6.45, 7) is 13.7. The molecule has 1 atom stereocenters. The summed E-state index contributed by atoms with van der Waals surface area (Å²) >= 11 is 1.38. The second-order valence-corrected chi connectivity index (χ2v) is 8.58. The van der Waals surface area contributed by atoms with Gasteiger partial charge in [-0.1, -0.05) is 0 Å². The Bertz CT molecular complexity index is 693. The fourth-order valence-electron chi connectivity index (χ4n) is 3.41. The molecule has 1 aromatic rings. The average molecular weight is 568 g/mol. The number of nitrogens with zero attached hydrogens (tertiary/aromatic N) is 3. The lowest BCUT2D eigenvalue weighted by Gasteiger charge is -2.31. The molecule has 2 N–H and O–H groups in total. The number of guanidine groups is 1. The summed E-state index contributed by atoms with van der Waals surface area (Å²) in [5, 5.41) is 7.61. The Morgan fingerprint density at radius 3 is 2.68 bits per heavy atom. The number of hydrogen-bond donors (Lipinski definition) is 2. The molecule has 1 unspecified atom stereocenters. The number of thiazole rings is 1. The van der Waals surface area contributed by atoms with Crippen molar-refractivity contribution in [3.05, 3.63) is 15.6 Å². The molecule has 2 rings (SSSR count). The lowest BCUT2D eigenvalue weighted by atomic mass is 9.97. The zero-order valence-corrected chi connectivity index (χ0v) is 22.5. The molecule has 0 radical (unpaired) electrons. The van der Waals surface area contributed by atoms with Crippen molar-refractivity contribution >= 4 is 47.2 Å². The van der Waals surface area contributed by atoms with Crippen LogP contribution in [-0.4, -0.2) is 74.9 Å². The Morgan fingerprint density at radius 1 is 1.35 bits per heavy atom. The van der Waals surface area contributed by atoms with Crippen LogP contribution in [0.2, 0.25) is 0 Å². The van der Waals surface area contributed by atoms with Crippen molar-refractivity contribution in [2.45, 2.75) is 46.6 Å². The van der Waals surface area contributed by atoms with Crippen molar-refractivity contribution < 1.29 is 14.3 Å². The van der Waals surface area contributed by atoms with Crippen molar-refractivity contribution in [1.82, 2.24) is 20.5 Å². The van der Waals surface area contributed by atoms with Crippen LogP contribution in [0.25, 0.3) is 0 Å². The van der Waals surface area contributed by atoms with Gasteiger partial charge in [0.15, 0.2) is 5.96 Å². The maximum absolute atomic E-state index is 12.1. The predicted octanol–water partition coefficient (Wildman–Crippen LogP) is 3.22. The first-order valence-corrected chi connectivity index (χ1v) is 11.7. The molecule has 0 saturated carbocycles. The number of aliphatic imine (C=N–C) groups is 1. The number of rotatable bonds is 10. The molecule has 0 spiro atoms. The Labute approximate surface area is 207 Å². The molecule has 1 aliphatic heterocycles. The van der Waals surface area contributed by atoms with E-state index < -0.39 is 0 Å². The minimum absolute atomic E-state index is 0. The zero-order chi connectivity index (χ0) is 21.9. The van der Waals surface area contributed by atoms with Gasteiger partial charge in [0.25, 0.3) is 0 Å². The highest BCUT2D eigenvalue weighted by Crippen LogP contribution is 2.24. The van der Waals surface area contributed by atoms with Gasteiger partial charge in [0.05, 0.1) is 24.9 Å². The third kappa shape index (κ3) is 9.19. The predicted molar refractivity (Wildman–Crippen MR) is 137 cm³/mol. The summed E-state index contributed by atoms with van der Waals surface area (Å²) in [5.41, 5.74) is 0.712. The summed E-state index contributed by atoms with van der Waals surface area (Å²) in [7, 11) is 1.75. The van der Waals surface area contributed by atoms with Gasteiger partial charge in [-0.15, -0.1) is 35.3 Å². The number of esters is 1. The second kappa shape index (κ2) is 15.0. The number of halogens is 1. The van der Waals surface area contributed by atoms with E-state index in [1.54, 1.807) is 7.11 Å². The van der Waals surface area contributed by atoms with Gasteiger partial charge in [0, 0.05) is 26.7 Å². The van der Waals surface area contributed by atoms with Crippen LogP contribution in [0.15, 0.2) is 4.99 Å². The molecule has 8 nitrogen and oxygen atoms in total. The molecule has 2 heterocycles. The Kier molecular flexibility index (Phi) is 13.5. The van der Waals surface area contributed by atoms with Gasteiger partial charge in [-0.2, -0.15) is 0 Å². The normalized spacial score (nSPS) is 16.5. The van der Waals surface area contributed by atoms with E-state index in [0.717, 1.165) is 63.1 Å². The topological polar surface area (TPSA) is 88.1 Å². The minimum Gasteiger partial charge on any atom is -0.462 e. The van der Waals surface area contributed by atoms with Crippen molar-refractivity contribution in [2.24, 2.45) is 10.9 Å². The van der Waals surface area contributed by atoms with Crippen LogP contribution in [0.5, 0.6) is 0 Å². The average Bonchev–Trinajstić information content (AvgIpc) is 3.13. The highest BCUT2D eigenvalue weighted by molar-refractivity contribution is 14.0. The van der Waals surface area contributed by atoms with Gasteiger partial charge in [-0.25, -0.2) is 9.78 Å². The van der Waals surface area contributed by atoms with Crippen molar-refractivity contribution in [2.75, 3.05) is 53.0 Å². The largest absolute Gasteiger partial charge is 0.462 e. The van der Waals surface area contributed by atoms with Crippen LogP contribution < -0.4 is 10.6 Å². The number of piperidine rings is 1. The summed E-state index contributed by atoms with van der Waals surface area (Å²) in [4.78, 5) is 24.5. The number of aryl methyl sites for hydroxylation is 1. The van der Waals surface area contributed by atoms with Crippen molar-refractivity contribution in [1.29, 1.82) is 0 Å². The quantitative estimate of drug-likeness (QED) is 0.194. The Hall–Kier alpha value is -0.980. The zero-order valence-electron chi connectivity index (χ0n) is 19.4. The number of carbonyl (C=O) groups excluding carboxylic acids is 1. The van der Waals surface area contributed by atoms with E-state index in [2.05, 4.69) is 27.4 Å². The van der Waals surface area contributed by atoms with Crippen LogP contribution in [0, 0.1) is 12.8 Å². The first kappa shape index (κ1) is 28.1. The molecule has 0 bridgehead atoms. The lowest BCUT2D eigenvalue weighted by Crippen LogP contribution is -2.40. The van der Waals surface area contributed by atoms with Gasteiger partial charge in [-0.05, 0) is 59.5 Å². The van der Waals surface area contributed by atoms with Crippen LogP contribution in [0.4, 0.5) is 0 Å². The van der Waals surface area contributed by atoms with Gasteiger partial charge >= 0.3 is 5.97 Å². The second-order valence-electron chi connectivity index (χ2n) is 7.55. The molecular weight excluding hydrogens is 529 g/mol. The molecule has 1 aromatic heterocycles. The van der Waals surface area contributed by atoms with Gasteiger partial charge in [-0.3, -0.25) is 4.99 Å². The lowest BCUT2D eigenvalue weighted by molar-refractivity contribution is 0.0531. The van der Waals surface area contributed by atoms with E-state index in [9.17, 15) is 4.79 Å². The number of methoxy groups -OCH3 is 1. The highest BCUT2D eigenvalue weighted by atomic mass is 127. The molecule has 1 fully saturated rings. The summed E-state index contributed by atoms with van der Waals surface area (Å²) in [5.74, 6) is 1.09. The van der Waals surface area contributed by atoms with E-state index >= 15 is 0 Å². The minimum atomic E-state index is -0.302. The SMILES string of the molecule is CCNC(=NCC1CCN(CCOC)CC1)NC(C)c1nc(C)c(C(=O)OCC)s1.I. The van der Waals surface area contributed by atoms with Gasteiger partial charge < -0.3 is 25.0 Å². The highest BCUT2D eigenvalue weighted by Gasteiger charge is 2.21. The van der Waals surface area contributed by atoms with Crippen molar-refractivity contribution in [3.8, 4) is 0 Å². The third-order valence-corrected chi connectivity index (χ3v) is 6.49. The van der Waals surface area contributed by atoms with Crippen LogP contribution in [0.3, 0.4) is 0 Å². The first-order valence-electron chi connectivity index (χ1n) is 10.9. The maximum atomic E-state index is 12.1. The number of carbonyl (C=O) groups is 1. The molecule has 1 aliphatic rings. The smallest absolute Gasteiger partial charge is 0.350 e. The molecular formula is C21H38IN5O3S.